The number of benzene rings is 2. The summed E-state index contributed by atoms with van der Waals surface area (Å²) < 4.78 is 46.5. The Bertz CT molecular complexity index is 1560. The summed E-state index contributed by atoms with van der Waals surface area (Å²) in [6.45, 7) is 3.16. The second kappa shape index (κ2) is 12.8. The maximum atomic E-state index is 13.7. The number of halogens is 3. The molecule has 13 heteroatoms. The third kappa shape index (κ3) is 7.07. The van der Waals surface area contributed by atoms with Crippen LogP contribution in [0, 0.1) is 0 Å². The van der Waals surface area contributed by atoms with Crippen LogP contribution in [0.25, 0.3) is 0 Å². The fourth-order valence-electron chi connectivity index (χ4n) is 5.84. The second-order valence-corrected chi connectivity index (χ2v) is 11.6. The van der Waals surface area contributed by atoms with Crippen LogP contribution in [-0.2, 0) is 11.0 Å². The molecular weight excluding hydrogens is 589 g/mol. The van der Waals surface area contributed by atoms with E-state index in [1.165, 1.54) is 18.4 Å². The van der Waals surface area contributed by atoms with Crippen LogP contribution in [0.3, 0.4) is 0 Å². The van der Waals surface area contributed by atoms with Gasteiger partial charge < -0.3 is 29.8 Å². The lowest BCUT2D eigenvalue weighted by Gasteiger charge is -2.39. The van der Waals surface area contributed by atoms with Crippen LogP contribution in [0.15, 0.2) is 53.1 Å². The number of para-hydroxylation sites is 1. The van der Waals surface area contributed by atoms with Gasteiger partial charge in [-0.05, 0) is 56.0 Å². The van der Waals surface area contributed by atoms with Crippen molar-refractivity contribution < 1.29 is 32.0 Å². The van der Waals surface area contributed by atoms with Crippen molar-refractivity contribution in [2.24, 2.45) is 0 Å². The Hall–Kier alpha value is -4.55. The number of nitrogens with zero attached hydrogens (tertiary/aromatic N) is 4. The quantitative estimate of drug-likeness (QED) is 0.309. The Kier molecular flexibility index (Phi) is 8.68. The van der Waals surface area contributed by atoms with Crippen molar-refractivity contribution in [3.63, 3.8) is 0 Å². The number of alkyl halides is 3. The van der Waals surface area contributed by atoms with E-state index in [0.717, 1.165) is 31.9 Å². The number of nitrogens with one attached hydrogen (secondary N) is 2. The summed E-state index contributed by atoms with van der Waals surface area (Å²) in [6.07, 6.45) is 0.843. The van der Waals surface area contributed by atoms with E-state index in [1.54, 1.807) is 34.1 Å². The largest absolute Gasteiger partial charge is 0.448 e. The third-order valence-electron chi connectivity index (χ3n) is 8.42. The number of hydrogen-bond acceptors (Lipinski definition) is 7. The second-order valence-electron chi connectivity index (χ2n) is 11.6. The number of likely N-dealkylation sites (tertiary alicyclic amines) is 1. The number of aromatic nitrogens is 1. The van der Waals surface area contributed by atoms with E-state index in [9.17, 15) is 27.6 Å². The Morgan fingerprint density at radius 3 is 2.38 bits per heavy atom. The van der Waals surface area contributed by atoms with Crippen molar-refractivity contribution in [2.45, 2.75) is 44.2 Å². The minimum atomic E-state index is -4.46. The van der Waals surface area contributed by atoms with Crippen molar-refractivity contribution in [3.05, 3.63) is 71.4 Å². The highest BCUT2D eigenvalue weighted by atomic mass is 19.4. The average Bonchev–Trinajstić information content (AvgIpc) is 3.62. The van der Waals surface area contributed by atoms with Crippen molar-refractivity contribution in [2.75, 3.05) is 60.9 Å². The van der Waals surface area contributed by atoms with Gasteiger partial charge in [-0.15, -0.1) is 0 Å². The number of anilines is 3. The highest BCUT2D eigenvalue weighted by Crippen LogP contribution is 2.40. The average molecular weight is 625 g/mol. The molecule has 0 atom stereocenters. The fourth-order valence-corrected chi connectivity index (χ4v) is 5.84. The number of piperazine rings is 1. The zero-order valence-electron chi connectivity index (χ0n) is 24.7. The number of rotatable bonds is 10. The lowest BCUT2D eigenvalue weighted by atomic mass is 10.1. The lowest BCUT2D eigenvalue weighted by molar-refractivity contribution is -0.137. The molecule has 2 saturated heterocycles. The maximum absolute atomic E-state index is 13.7. The van der Waals surface area contributed by atoms with Gasteiger partial charge in [-0.3, -0.25) is 14.4 Å². The Labute approximate surface area is 258 Å². The molecule has 0 radical (unpaired) electrons. The number of amides is 3. The van der Waals surface area contributed by atoms with E-state index in [2.05, 4.69) is 15.6 Å². The number of hydrogen-bond donors (Lipinski definition) is 2. The lowest BCUT2D eigenvalue weighted by Crippen LogP contribution is -2.47. The van der Waals surface area contributed by atoms with Crippen LogP contribution in [-0.4, -0.2) is 73.4 Å². The first-order valence-electron chi connectivity index (χ1n) is 15.3. The summed E-state index contributed by atoms with van der Waals surface area (Å²) in [5.74, 6) is 0.0863. The first-order chi connectivity index (χ1) is 21.7. The van der Waals surface area contributed by atoms with Crippen LogP contribution < -0.4 is 20.4 Å². The van der Waals surface area contributed by atoms with Crippen molar-refractivity contribution in [1.82, 2.24) is 15.2 Å². The van der Waals surface area contributed by atoms with Crippen molar-refractivity contribution in [3.8, 4) is 0 Å². The van der Waals surface area contributed by atoms with Gasteiger partial charge in [0.2, 0.25) is 5.91 Å². The minimum absolute atomic E-state index is 0.128. The molecule has 1 aliphatic carbocycles. The molecule has 6 rings (SSSR count). The molecule has 3 heterocycles. The van der Waals surface area contributed by atoms with Crippen molar-refractivity contribution in [1.29, 1.82) is 0 Å². The standard InChI is InChI=1S/C32H35F3N6O4/c33-32(34,35)23-5-1-2-6-26(23)39-15-17-40(18-16-39)27-11-10-22(29(43)36-12-4-14-41-13-3-7-28(41)42)19-24(27)37-30(44)25-20-45-31(38-25)21-8-9-21/h1-2,5-6,10-11,19-21H,3-4,7-9,12-18H2,(H,36,43)(H,37,44). The van der Waals surface area contributed by atoms with Gasteiger partial charge in [0.25, 0.3) is 11.8 Å². The molecule has 45 heavy (non-hydrogen) atoms. The normalized spacial score (nSPS) is 17.1. The Morgan fingerprint density at radius 1 is 0.956 bits per heavy atom. The number of carbonyl (C=O) groups excluding carboxylic acids is 3. The first kappa shape index (κ1) is 30.5. The van der Waals surface area contributed by atoms with Crippen LogP contribution in [0.1, 0.15) is 70.3 Å². The maximum Gasteiger partial charge on any atom is 0.418 e. The summed E-state index contributed by atoms with van der Waals surface area (Å²) in [6, 6.07) is 10.5. The molecule has 0 spiro atoms. The molecule has 3 aromatic rings. The zero-order valence-corrected chi connectivity index (χ0v) is 24.7. The van der Waals surface area contributed by atoms with Gasteiger partial charge in [-0.2, -0.15) is 13.2 Å². The topological polar surface area (TPSA) is 111 Å². The summed E-state index contributed by atoms with van der Waals surface area (Å²) in [4.78, 5) is 47.9. The molecule has 3 aliphatic rings. The molecule has 3 fully saturated rings. The van der Waals surface area contributed by atoms with Gasteiger partial charge in [-0.1, -0.05) is 12.1 Å². The third-order valence-corrected chi connectivity index (χ3v) is 8.42. The monoisotopic (exact) mass is 624 g/mol. The van der Waals surface area contributed by atoms with E-state index in [0.29, 0.717) is 74.9 Å². The van der Waals surface area contributed by atoms with E-state index in [-0.39, 0.29) is 29.1 Å². The number of carbonyl (C=O) groups is 3. The molecule has 0 bridgehead atoms. The van der Waals surface area contributed by atoms with E-state index in [4.69, 9.17) is 4.42 Å². The van der Waals surface area contributed by atoms with Gasteiger partial charge in [0.1, 0.15) is 6.26 Å². The summed E-state index contributed by atoms with van der Waals surface area (Å²) in [5, 5.41) is 5.77. The summed E-state index contributed by atoms with van der Waals surface area (Å²) in [5.41, 5.74) is 0.951. The van der Waals surface area contributed by atoms with Crippen LogP contribution >= 0.6 is 0 Å². The predicted molar refractivity (Wildman–Crippen MR) is 162 cm³/mol. The molecule has 2 N–H and O–H groups in total. The number of oxazole rings is 1. The fraction of sp³-hybridized carbons (Fsp3) is 0.438. The van der Waals surface area contributed by atoms with Gasteiger partial charge >= 0.3 is 6.18 Å². The molecular formula is C32H35F3N6O4. The molecule has 2 aliphatic heterocycles. The predicted octanol–water partition coefficient (Wildman–Crippen LogP) is 4.89. The van der Waals surface area contributed by atoms with Crippen LogP contribution in [0.5, 0.6) is 0 Å². The summed E-state index contributed by atoms with van der Waals surface area (Å²) in [7, 11) is 0. The minimum Gasteiger partial charge on any atom is -0.448 e. The zero-order chi connectivity index (χ0) is 31.6. The molecule has 3 amide bonds. The summed E-state index contributed by atoms with van der Waals surface area (Å²) >= 11 is 0. The van der Waals surface area contributed by atoms with Gasteiger partial charge in [-0.25, -0.2) is 4.98 Å². The van der Waals surface area contributed by atoms with E-state index in [1.807, 2.05) is 4.90 Å². The van der Waals surface area contributed by atoms with Crippen LogP contribution in [0.4, 0.5) is 30.2 Å². The highest BCUT2D eigenvalue weighted by molar-refractivity contribution is 6.06. The molecule has 10 nitrogen and oxygen atoms in total. The van der Waals surface area contributed by atoms with E-state index < -0.39 is 17.6 Å². The highest BCUT2D eigenvalue weighted by Gasteiger charge is 2.35. The van der Waals surface area contributed by atoms with Crippen molar-refractivity contribution >= 4 is 34.8 Å². The smallest absolute Gasteiger partial charge is 0.418 e. The van der Waals surface area contributed by atoms with E-state index >= 15 is 0 Å². The Balaban J connectivity index is 1.16. The van der Waals surface area contributed by atoms with Gasteiger partial charge in [0, 0.05) is 69.4 Å². The SMILES string of the molecule is O=C(NCCCN1CCCC1=O)c1ccc(N2CCN(c3ccccc3C(F)(F)F)CC2)c(NC(=O)c2coc(C3CC3)n2)c1. The molecule has 2 aromatic carbocycles. The van der Waals surface area contributed by atoms with Crippen LogP contribution in [0.2, 0.25) is 0 Å². The molecule has 1 aromatic heterocycles. The molecule has 0 unspecified atom stereocenters. The molecule has 238 valence electrons. The molecule has 1 saturated carbocycles. The van der Waals surface area contributed by atoms with Gasteiger partial charge in [0.05, 0.1) is 16.9 Å². The van der Waals surface area contributed by atoms with Gasteiger partial charge in [0.15, 0.2) is 11.6 Å². The Morgan fingerprint density at radius 2 is 1.69 bits per heavy atom. The first-order valence-corrected chi connectivity index (χ1v) is 15.3.